The molecule has 0 bridgehead atoms. The third kappa shape index (κ3) is 2.32. The van der Waals surface area contributed by atoms with E-state index in [2.05, 4.69) is 24.3 Å². The summed E-state index contributed by atoms with van der Waals surface area (Å²) in [5, 5.41) is 2.20. The van der Waals surface area contributed by atoms with Gasteiger partial charge in [0.05, 0.1) is 14.2 Å². The molecule has 0 spiro atoms. The maximum atomic E-state index is 5.26. The fraction of sp³-hybridized carbons (Fsp3) is 0.111. The Morgan fingerprint density at radius 3 is 2.40 bits per heavy atom. The monoisotopic (exact) mass is 263 g/mol. The van der Waals surface area contributed by atoms with Crippen molar-refractivity contribution >= 4 is 10.8 Å². The Kier molecular flexibility index (Phi) is 3.30. The van der Waals surface area contributed by atoms with Gasteiger partial charge < -0.3 is 9.47 Å². The lowest BCUT2D eigenvalue weighted by Crippen LogP contribution is -1.85. The van der Waals surface area contributed by atoms with Gasteiger partial charge in [-0.15, -0.1) is 0 Å². The molecule has 99 valence electrons. The summed E-state index contributed by atoms with van der Waals surface area (Å²) in [4.78, 5) is 0. The topological polar surface area (TPSA) is 18.5 Å². The van der Waals surface area contributed by atoms with Crippen LogP contribution in [0, 0.1) is 6.07 Å². The van der Waals surface area contributed by atoms with Gasteiger partial charge in [-0.3, -0.25) is 0 Å². The van der Waals surface area contributed by atoms with Crippen molar-refractivity contribution in [2.45, 2.75) is 0 Å². The lowest BCUT2D eigenvalue weighted by atomic mass is 10.0. The minimum absolute atomic E-state index is 0.853. The Balaban J connectivity index is 2.08. The molecule has 0 saturated heterocycles. The zero-order valence-corrected chi connectivity index (χ0v) is 11.5. The summed E-state index contributed by atoms with van der Waals surface area (Å²) in [5.41, 5.74) is 2.16. The maximum absolute atomic E-state index is 5.26. The Hall–Kier alpha value is -2.48. The molecule has 20 heavy (non-hydrogen) atoms. The molecule has 0 amide bonds. The van der Waals surface area contributed by atoms with E-state index in [1.165, 1.54) is 0 Å². The summed E-state index contributed by atoms with van der Waals surface area (Å²) in [6, 6.07) is 21.6. The second-order valence-electron chi connectivity index (χ2n) is 4.56. The zero-order valence-electron chi connectivity index (χ0n) is 11.5. The maximum Gasteiger partial charge on any atom is 0.119 e. The predicted molar refractivity (Wildman–Crippen MR) is 81.3 cm³/mol. The molecule has 0 aliphatic heterocycles. The molecule has 0 aliphatic rings. The first kappa shape index (κ1) is 12.5. The molecule has 3 aromatic rings. The number of methoxy groups -OCH3 is 2. The van der Waals surface area contributed by atoms with Crippen molar-refractivity contribution in [3.63, 3.8) is 0 Å². The van der Waals surface area contributed by atoms with Crippen LogP contribution in [-0.4, -0.2) is 14.2 Å². The minimum Gasteiger partial charge on any atom is -0.497 e. The van der Waals surface area contributed by atoms with Gasteiger partial charge in [-0.1, -0.05) is 30.3 Å². The van der Waals surface area contributed by atoms with Crippen molar-refractivity contribution in [2.75, 3.05) is 14.2 Å². The lowest BCUT2D eigenvalue weighted by molar-refractivity contribution is 0.415. The summed E-state index contributed by atoms with van der Waals surface area (Å²) in [6.07, 6.45) is 0. The number of ether oxygens (including phenoxy) is 2. The molecule has 0 saturated carbocycles. The van der Waals surface area contributed by atoms with Gasteiger partial charge in [-0.25, -0.2) is 0 Å². The highest BCUT2D eigenvalue weighted by molar-refractivity contribution is 5.87. The van der Waals surface area contributed by atoms with E-state index in [1.54, 1.807) is 14.2 Å². The molecule has 0 N–H and O–H groups in total. The zero-order chi connectivity index (χ0) is 13.9. The molecule has 0 unspecified atom stereocenters. The fourth-order valence-electron chi connectivity index (χ4n) is 2.24. The summed E-state index contributed by atoms with van der Waals surface area (Å²) < 4.78 is 10.5. The highest BCUT2D eigenvalue weighted by atomic mass is 16.5. The Bertz CT molecular complexity index is 747. The number of rotatable bonds is 3. The van der Waals surface area contributed by atoms with Crippen molar-refractivity contribution < 1.29 is 9.47 Å². The third-order valence-electron chi connectivity index (χ3n) is 3.34. The standard InChI is InChI=1S/C18H15O2/c1-19-17-5-3-4-13(11-17)14-6-7-16-12-18(20-2)9-8-15(16)10-14/h3-9,11-12H,1-2H3. The van der Waals surface area contributed by atoms with Crippen LogP contribution >= 0.6 is 0 Å². The Morgan fingerprint density at radius 2 is 1.60 bits per heavy atom. The summed E-state index contributed by atoms with van der Waals surface area (Å²) in [6.45, 7) is 0. The molecular formula is C18H15O2. The van der Waals surface area contributed by atoms with Crippen LogP contribution in [0.4, 0.5) is 0 Å². The van der Waals surface area contributed by atoms with Gasteiger partial charge in [0.25, 0.3) is 0 Å². The van der Waals surface area contributed by atoms with E-state index in [9.17, 15) is 0 Å². The number of hydrogen-bond acceptors (Lipinski definition) is 2. The van der Waals surface area contributed by atoms with E-state index < -0.39 is 0 Å². The van der Waals surface area contributed by atoms with Crippen LogP contribution in [-0.2, 0) is 0 Å². The molecule has 0 heterocycles. The molecular weight excluding hydrogens is 248 g/mol. The Morgan fingerprint density at radius 1 is 0.800 bits per heavy atom. The van der Waals surface area contributed by atoms with Crippen molar-refractivity contribution in [1.82, 2.24) is 0 Å². The normalized spacial score (nSPS) is 10.5. The van der Waals surface area contributed by atoms with Crippen molar-refractivity contribution in [3.8, 4) is 22.6 Å². The van der Waals surface area contributed by atoms with Crippen LogP contribution in [0.25, 0.3) is 21.9 Å². The highest BCUT2D eigenvalue weighted by Crippen LogP contribution is 2.28. The molecule has 0 atom stereocenters. The van der Waals surface area contributed by atoms with Gasteiger partial charge in [0.15, 0.2) is 0 Å². The second kappa shape index (κ2) is 5.25. The molecule has 3 rings (SSSR count). The second-order valence-corrected chi connectivity index (χ2v) is 4.56. The Labute approximate surface area is 118 Å². The SMILES string of the molecule is COc1cccc(-c2[c]c3ccc(OC)cc3cc2)c1. The van der Waals surface area contributed by atoms with E-state index in [0.29, 0.717) is 0 Å². The van der Waals surface area contributed by atoms with Gasteiger partial charge in [-0.2, -0.15) is 0 Å². The molecule has 3 aromatic carbocycles. The van der Waals surface area contributed by atoms with Gasteiger partial charge in [0.1, 0.15) is 11.5 Å². The first-order chi connectivity index (χ1) is 9.80. The molecule has 0 aromatic heterocycles. The fourth-order valence-corrected chi connectivity index (χ4v) is 2.24. The minimum atomic E-state index is 0.853. The van der Waals surface area contributed by atoms with Gasteiger partial charge in [0, 0.05) is 0 Å². The average Bonchev–Trinajstić information content (AvgIpc) is 2.54. The quantitative estimate of drug-likeness (QED) is 0.700. The molecule has 0 fully saturated rings. The molecule has 0 aliphatic carbocycles. The summed E-state index contributed by atoms with van der Waals surface area (Å²) in [5.74, 6) is 1.71. The van der Waals surface area contributed by atoms with Crippen LogP contribution in [0.15, 0.2) is 54.6 Å². The smallest absolute Gasteiger partial charge is 0.119 e. The highest BCUT2D eigenvalue weighted by Gasteiger charge is 2.03. The van der Waals surface area contributed by atoms with Gasteiger partial charge in [0.2, 0.25) is 0 Å². The summed E-state index contributed by atoms with van der Waals surface area (Å²) >= 11 is 0. The van der Waals surface area contributed by atoms with Crippen LogP contribution in [0.5, 0.6) is 11.5 Å². The summed E-state index contributed by atoms with van der Waals surface area (Å²) in [7, 11) is 3.35. The van der Waals surface area contributed by atoms with Crippen molar-refractivity contribution in [2.24, 2.45) is 0 Å². The van der Waals surface area contributed by atoms with Crippen molar-refractivity contribution in [3.05, 3.63) is 60.7 Å². The van der Waals surface area contributed by atoms with E-state index in [1.807, 2.05) is 36.4 Å². The molecule has 2 heteroatoms. The van der Waals surface area contributed by atoms with Crippen LogP contribution in [0.3, 0.4) is 0 Å². The average molecular weight is 263 g/mol. The van der Waals surface area contributed by atoms with Gasteiger partial charge >= 0.3 is 0 Å². The first-order valence-electron chi connectivity index (χ1n) is 6.44. The van der Waals surface area contributed by atoms with Gasteiger partial charge in [-0.05, 0) is 52.2 Å². The lowest BCUT2D eigenvalue weighted by Gasteiger charge is -2.07. The number of benzene rings is 3. The first-order valence-corrected chi connectivity index (χ1v) is 6.44. The van der Waals surface area contributed by atoms with Crippen molar-refractivity contribution in [1.29, 1.82) is 0 Å². The van der Waals surface area contributed by atoms with E-state index >= 15 is 0 Å². The molecule has 2 nitrogen and oxygen atoms in total. The largest absolute Gasteiger partial charge is 0.497 e. The predicted octanol–water partition coefficient (Wildman–Crippen LogP) is 4.32. The van der Waals surface area contributed by atoms with Crippen LogP contribution < -0.4 is 9.47 Å². The van der Waals surface area contributed by atoms with E-state index in [-0.39, 0.29) is 0 Å². The van der Waals surface area contributed by atoms with E-state index in [0.717, 1.165) is 33.4 Å². The van der Waals surface area contributed by atoms with E-state index in [4.69, 9.17) is 9.47 Å². The molecule has 1 radical (unpaired) electrons. The number of fused-ring (bicyclic) bond motifs is 1. The van der Waals surface area contributed by atoms with Crippen LogP contribution in [0.1, 0.15) is 0 Å². The third-order valence-corrected chi connectivity index (χ3v) is 3.34. The number of hydrogen-bond donors (Lipinski definition) is 0. The van der Waals surface area contributed by atoms with Crippen LogP contribution in [0.2, 0.25) is 0 Å².